The molecule has 0 aliphatic carbocycles. The first-order valence-corrected chi connectivity index (χ1v) is 7.24. The number of para-hydroxylation sites is 2. The van der Waals surface area contributed by atoms with Crippen LogP contribution in [-0.4, -0.2) is 44.6 Å². The van der Waals surface area contributed by atoms with Crippen LogP contribution in [0.4, 0.5) is 4.79 Å². The molecule has 2 heterocycles. The molecule has 2 aromatic rings. The number of rotatable bonds is 3. The number of hydrogen-bond acceptors (Lipinski definition) is 6. The van der Waals surface area contributed by atoms with E-state index in [1.807, 2.05) is 0 Å². The maximum Gasteiger partial charge on any atom is 0.453 e. The standard InChI is InChI=1S/C14H12ClN3O5/c15-11-12(17-9-5-2-1-4-8(9)16-11)22-23-14(21)18-7-3-6-10(18)13(19)20/h1-2,4-5,10H,3,6-7H2,(H,19,20). The number of carbonyl (C=O) groups is 2. The van der Waals surface area contributed by atoms with Crippen molar-refractivity contribution in [3.63, 3.8) is 0 Å². The first kappa shape index (κ1) is 15.3. The predicted octanol–water partition coefficient (Wildman–Crippen LogP) is 2.26. The van der Waals surface area contributed by atoms with E-state index in [1.165, 1.54) is 0 Å². The molecule has 8 nitrogen and oxygen atoms in total. The van der Waals surface area contributed by atoms with Gasteiger partial charge < -0.3 is 5.11 Å². The average molecular weight is 338 g/mol. The van der Waals surface area contributed by atoms with Gasteiger partial charge in [-0.3, -0.25) is 9.79 Å². The van der Waals surface area contributed by atoms with Crippen LogP contribution in [-0.2, 0) is 9.68 Å². The van der Waals surface area contributed by atoms with Gasteiger partial charge in [0.2, 0.25) is 0 Å². The van der Waals surface area contributed by atoms with Crippen LogP contribution in [0, 0.1) is 0 Å². The quantitative estimate of drug-likeness (QED) is 0.677. The third-order valence-electron chi connectivity index (χ3n) is 3.46. The van der Waals surface area contributed by atoms with Gasteiger partial charge in [0.05, 0.1) is 11.0 Å². The lowest BCUT2D eigenvalue weighted by atomic mass is 10.2. The van der Waals surface area contributed by atoms with Gasteiger partial charge in [-0.05, 0) is 25.0 Å². The maximum absolute atomic E-state index is 11.9. The summed E-state index contributed by atoms with van der Waals surface area (Å²) in [5, 5.41) is 8.98. The zero-order chi connectivity index (χ0) is 16.4. The maximum atomic E-state index is 11.9. The van der Waals surface area contributed by atoms with Gasteiger partial charge in [0.1, 0.15) is 6.04 Å². The molecule has 9 heteroatoms. The van der Waals surface area contributed by atoms with Crippen LogP contribution in [0.25, 0.3) is 11.0 Å². The van der Waals surface area contributed by atoms with Crippen molar-refractivity contribution in [3.05, 3.63) is 29.4 Å². The molecule has 1 fully saturated rings. The van der Waals surface area contributed by atoms with Crippen LogP contribution in [0.2, 0.25) is 5.15 Å². The Bertz CT molecular complexity index is 769. The molecule has 0 bridgehead atoms. The molecule has 1 unspecified atom stereocenters. The van der Waals surface area contributed by atoms with E-state index in [2.05, 4.69) is 14.9 Å². The highest BCUT2D eigenvalue weighted by Crippen LogP contribution is 2.24. The summed E-state index contributed by atoms with van der Waals surface area (Å²) < 4.78 is 0. The Morgan fingerprint density at radius 1 is 1.26 bits per heavy atom. The number of aromatic nitrogens is 2. The van der Waals surface area contributed by atoms with E-state index in [4.69, 9.17) is 21.6 Å². The summed E-state index contributed by atoms with van der Waals surface area (Å²) in [6.45, 7) is 0.288. The van der Waals surface area contributed by atoms with Crippen LogP contribution < -0.4 is 4.89 Å². The molecular formula is C14H12ClN3O5. The molecule has 0 radical (unpaired) electrons. The van der Waals surface area contributed by atoms with E-state index in [0.717, 1.165) is 4.90 Å². The fraction of sp³-hybridized carbons (Fsp3) is 0.286. The van der Waals surface area contributed by atoms with Crippen LogP contribution in [0.5, 0.6) is 5.88 Å². The molecule has 0 saturated carbocycles. The number of carboxylic acids is 1. The van der Waals surface area contributed by atoms with Gasteiger partial charge in [0.25, 0.3) is 0 Å². The number of benzene rings is 1. The van der Waals surface area contributed by atoms with Crippen LogP contribution in [0.15, 0.2) is 24.3 Å². The van der Waals surface area contributed by atoms with Crippen LogP contribution >= 0.6 is 11.6 Å². The molecule has 1 amide bonds. The van der Waals surface area contributed by atoms with Gasteiger partial charge in [0.15, 0.2) is 5.15 Å². The number of hydrogen-bond donors (Lipinski definition) is 1. The van der Waals surface area contributed by atoms with Gasteiger partial charge in [-0.25, -0.2) is 24.4 Å². The highest BCUT2D eigenvalue weighted by atomic mass is 35.5. The lowest BCUT2D eigenvalue weighted by Crippen LogP contribution is -2.41. The number of fused-ring (bicyclic) bond motifs is 1. The van der Waals surface area contributed by atoms with Crippen molar-refractivity contribution in [1.82, 2.24) is 14.9 Å². The second-order valence-electron chi connectivity index (χ2n) is 4.93. The highest BCUT2D eigenvalue weighted by Gasteiger charge is 2.36. The van der Waals surface area contributed by atoms with E-state index in [1.54, 1.807) is 24.3 Å². The summed E-state index contributed by atoms with van der Waals surface area (Å²) in [4.78, 5) is 41.8. The monoisotopic (exact) mass is 337 g/mol. The highest BCUT2D eigenvalue weighted by molar-refractivity contribution is 6.30. The number of likely N-dealkylation sites (tertiary alicyclic amines) is 1. The lowest BCUT2D eigenvalue weighted by molar-refractivity contribution is -0.162. The topological polar surface area (TPSA) is 102 Å². The van der Waals surface area contributed by atoms with Crippen molar-refractivity contribution >= 4 is 34.7 Å². The van der Waals surface area contributed by atoms with Crippen molar-refractivity contribution in [3.8, 4) is 5.88 Å². The second-order valence-corrected chi connectivity index (χ2v) is 5.29. The molecule has 1 saturated heterocycles. The SMILES string of the molecule is O=C(O)C1CCCN1C(=O)OOc1nc2ccccc2nc1Cl. The second kappa shape index (κ2) is 6.25. The molecule has 120 valence electrons. The Morgan fingerprint density at radius 3 is 2.65 bits per heavy atom. The largest absolute Gasteiger partial charge is 0.480 e. The smallest absolute Gasteiger partial charge is 0.453 e. The first-order chi connectivity index (χ1) is 11.1. The number of carboxylic acid groups (broad SMARTS) is 1. The van der Waals surface area contributed by atoms with E-state index in [9.17, 15) is 9.59 Å². The van der Waals surface area contributed by atoms with E-state index < -0.39 is 18.1 Å². The number of aliphatic carboxylic acids is 1. The Kier molecular flexibility index (Phi) is 4.16. The van der Waals surface area contributed by atoms with E-state index in [-0.39, 0.29) is 17.6 Å². The fourth-order valence-corrected chi connectivity index (χ4v) is 2.55. The normalized spacial score (nSPS) is 17.3. The zero-order valence-electron chi connectivity index (χ0n) is 11.8. The minimum absolute atomic E-state index is 0.0623. The molecule has 1 aromatic heterocycles. The van der Waals surface area contributed by atoms with Gasteiger partial charge in [-0.1, -0.05) is 23.7 Å². The molecule has 1 N–H and O–H groups in total. The van der Waals surface area contributed by atoms with Crippen molar-refractivity contribution in [2.45, 2.75) is 18.9 Å². The minimum Gasteiger partial charge on any atom is -0.480 e. The van der Waals surface area contributed by atoms with Crippen LogP contribution in [0.1, 0.15) is 12.8 Å². The van der Waals surface area contributed by atoms with E-state index in [0.29, 0.717) is 23.9 Å². The molecule has 1 atom stereocenters. The van der Waals surface area contributed by atoms with E-state index >= 15 is 0 Å². The molecule has 3 rings (SSSR count). The number of amides is 1. The minimum atomic E-state index is -1.08. The Balaban J connectivity index is 1.71. The Labute approximate surface area is 135 Å². The third kappa shape index (κ3) is 3.11. The van der Waals surface area contributed by atoms with Gasteiger partial charge >= 0.3 is 17.9 Å². The zero-order valence-corrected chi connectivity index (χ0v) is 12.6. The molecule has 1 aliphatic rings. The van der Waals surface area contributed by atoms with Crippen molar-refractivity contribution in [2.24, 2.45) is 0 Å². The third-order valence-corrected chi connectivity index (χ3v) is 3.71. The summed E-state index contributed by atoms with van der Waals surface area (Å²) in [5.41, 5.74) is 1.09. The first-order valence-electron chi connectivity index (χ1n) is 6.86. The van der Waals surface area contributed by atoms with Crippen molar-refractivity contribution in [1.29, 1.82) is 0 Å². The Morgan fingerprint density at radius 2 is 1.96 bits per heavy atom. The molecule has 1 aromatic carbocycles. The molecular weight excluding hydrogens is 326 g/mol. The van der Waals surface area contributed by atoms with Gasteiger partial charge in [0, 0.05) is 6.54 Å². The van der Waals surface area contributed by atoms with Crippen LogP contribution in [0.3, 0.4) is 0 Å². The summed E-state index contributed by atoms with van der Waals surface area (Å²) in [7, 11) is 0. The Hall–Kier alpha value is -2.61. The predicted molar refractivity (Wildman–Crippen MR) is 79.0 cm³/mol. The number of carbonyl (C=O) groups excluding carboxylic acids is 1. The lowest BCUT2D eigenvalue weighted by Gasteiger charge is -2.19. The van der Waals surface area contributed by atoms with Gasteiger partial charge in [-0.15, -0.1) is 0 Å². The number of halogens is 1. The average Bonchev–Trinajstić information content (AvgIpc) is 3.02. The van der Waals surface area contributed by atoms with Crippen molar-refractivity contribution < 1.29 is 24.5 Å². The molecule has 23 heavy (non-hydrogen) atoms. The number of nitrogens with zero attached hydrogens (tertiary/aromatic N) is 3. The summed E-state index contributed by atoms with van der Waals surface area (Å²) >= 11 is 5.93. The summed E-state index contributed by atoms with van der Waals surface area (Å²) in [6, 6.07) is 6.07. The fourth-order valence-electron chi connectivity index (χ4n) is 2.38. The summed E-state index contributed by atoms with van der Waals surface area (Å²) in [6.07, 6.45) is 0.0600. The molecule has 0 spiro atoms. The van der Waals surface area contributed by atoms with Gasteiger partial charge in [-0.2, -0.15) is 0 Å². The molecule has 1 aliphatic heterocycles. The summed E-state index contributed by atoms with van der Waals surface area (Å²) in [5.74, 6) is -1.24. The van der Waals surface area contributed by atoms with Crippen molar-refractivity contribution in [2.75, 3.05) is 6.54 Å².